The number of aliphatic hydroxyl groups is 1. The number of amides is 1. The molecule has 1 amide bonds. The van der Waals surface area contributed by atoms with Gasteiger partial charge in [0.1, 0.15) is 5.76 Å². The summed E-state index contributed by atoms with van der Waals surface area (Å²) >= 11 is 0. The van der Waals surface area contributed by atoms with Gasteiger partial charge < -0.3 is 14.6 Å². The van der Waals surface area contributed by atoms with Gasteiger partial charge in [-0.1, -0.05) is 30.3 Å². The van der Waals surface area contributed by atoms with Crippen LogP contribution in [-0.2, 0) is 19.6 Å². The molecule has 1 saturated heterocycles. The summed E-state index contributed by atoms with van der Waals surface area (Å²) in [4.78, 5) is 27.4. The van der Waals surface area contributed by atoms with Gasteiger partial charge >= 0.3 is 0 Å². The lowest BCUT2D eigenvalue weighted by atomic mass is 9.95. The Bertz CT molecular complexity index is 1450. The average molecular weight is 478 g/mol. The molecule has 0 aromatic heterocycles. The lowest BCUT2D eigenvalue weighted by molar-refractivity contribution is -0.132. The van der Waals surface area contributed by atoms with Crippen molar-refractivity contribution in [1.82, 2.24) is 0 Å². The molecule has 1 unspecified atom stereocenters. The molecular formula is C24H18N2O7S. The van der Waals surface area contributed by atoms with Gasteiger partial charge in [-0.05, 0) is 48.0 Å². The number of fused-ring (bicyclic) bond motifs is 1. The molecule has 2 aliphatic heterocycles. The molecule has 5 rings (SSSR count). The maximum absolute atomic E-state index is 13.2. The highest BCUT2D eigenvalue weighted by Gasteiger charge is 2.47. The number of Topliss-reactive ketones (excluding diaryl/α,β-unsaturated/α-hetero) is 1. The molecule has 0 spiro atoms. The zero-order valence-electron chi connectivity index (χ0n) is 17.5. The van der Waals surface area contributed by atoms with E-state index < -0.39 is 27.8 Å². The van der Waals surface area contributed by atoms with Crippen molar-refractivity contribution in [3.63, 3.8) is 0 Å². The minimum Gasteiger partial charge on any atom is -0.507 e. The van der Waals surface area contributed by atoms with Crippen LogP contribution >= 0.6 is 0 Å². The minimum absolute atomic E-state index is 0.0441. The number of rotatable bonds is 4. The second-order valence-corrected chi connectivity index (χ2v) is 9.25. The Morgan fingerprint density at radius 2 is 1.62 bits per heavy atom. The van der Waals surface area contributed by atoms with E-state index in [9.17, 15) is 23.1 Å². The summed E-state index contributed by atoms with van der Waals surface area (Å²) in [6.45, 7) is 0.0441. The van der Waals surface area contributed by atoms with E-state index in [2.05, 4.69) is 0 Å². The third-order valence-corrected chi connectivity index (χ3v) is 6.58. The highest BCUT2D eigenvalue weighted by molar-refractivity contribution is 7.89. The first-order chi connectivity index (χ1) is 16.3. The summed E-state index contributed by atoms with van der Waals surface area (Å²) in [6.07, 6.45) is 0. The fraction of sp³-hybridized carbons (Fsp3) is 0.0833. The normalized spacial score (nSPS) is 19.0. The first kappa shape index (κ1) is 21.7. The molecule has 172 valence electrons. The molecule has 0 saturated carbocycles. The van der Waals surface area contributed by atoms with Crippen molar-refractivity contribution in [3.05, 3.63) is 89.5 Å². The molecule has 9 nitrogen and oxygen atoms in total. The topological polar surface area (TPSA) is 136 Å². The monoisotopic (exact) mass is 478 g/mol. The first-order valence-corrected chi connectivity index (χ1v) is 11.7. The van der Waals surface area contributed by atoms with E-state index in [0.29, 0.717) is 17.1 Å². The van der Waals surface area contributed by atoms with Crippen LogP contribution in [0.4, 0.5) is 5.69 Å². The summed E-state index contributed by atoms with van der Waals surface area (Å²) in [6, 6.07) is 17.8. The molecule has 3 aromatic carbocycles. The quantitative estimate of drug-likeness (QED) is 0.334. The molecule has 0 bridgehead atoms. The Kier molecular flexibility index (Phi) is 5.11. The predicted molar refractivity (Wildman–Crippen MR) is 122 cm³/mol. The highest BCUT2D eigenvalue weighted by atomic mass is 32.2. The maximum atomic E-state index is 13.2. The summed E-state index contributed by atoms with van der Waals surface area (Å²) < 4.78 is 33.9. The van der Waals surface area contributed by atoms with Gasteiger partial charge in [0.15, 0.2) is 11.5 Å². The van der Waals surface area contributed by atoms with Crippen LogP contribution in [0.5, 0.6) is 11.5 Å². The molecule has 1 fully saturated rings. The van der Waals surface area contributed by atoms with Gasteiger partial charge in [-0.3, -0.25) is 14.5 Å². The molecule has 34 heavy (non-hydrogen) atoms. The first-order valence-electron chi connectivity index (χ1n) is 10.1. The van der Waals surface area contributed by atoms with Gasteiger partial charge in [0, 0.05) is 11.3 Å². The second kappa shape index (κ2) is 8.01. The summed E-state index contributed by atoms with van der Waals surface area (Å²) in [5.41, 5.74) is 1.03. The van der Waals surface area contributed by atoms with Crippen molar-refractivity contribution in [2.45, 2.75) is 10.9 Å². The van der Waals surface area contributed by atoms with Crippen molar-refractivity contribution in [2.75, 3.05) is 11.7 Å². The van der Waals surface area contributed by atoms with Crippen molar-refractivity contribution < 1.29 is 32.6 Å². The lowest BCUT2D eigenvalue weighted by Gasteiger charge is -2.25. The third kappa shape index (κ3) is 3.58. The van der Waals surface area contributed by atoms with Crippen molar-refractivity contribution >= 4 is 33.2 Å². The maximum Gasteiger partial charge on any atom is 0.300 e. The Morgan fingerprint density at radius 1 is 0.941 bits per heavy atom. The number of carbonyl (C=O) groups is 2. The van der Waals surface area contributed by atoms with Crippen LogP contribution in [0.3, 0.4) is 0 Å². The van der Waals surface area contributed by atoms with Gasteiger partial charge in [0.2, 0.25) is 16.8 Å². The van der Waals surface area contributed by atoms with Crippen LogP contribution in [0.25, 0.3) is 5.76 Å². The average Bonchev–Trinajstić information content (AvgIpc) is 3.41. The summed E-state index contributed by atoms with van der Waals surface area (Å²) in [5.74, 6) is -1.19. The van der Waals surface area contributed by atoms with E-state index in [-0.39, 0.29) is 34.3 Å². The molecule has 3 N–H and O–H groups in total. The lowest BCUT2D eigenvalue weighted by Crippen LogP contribution is -2.29. The van der Waals surface area contributed by atoms with Crippen LogP contribution in [-0.4, -0.2) is 32.0 Å². The number of primary sulfonamides is 1. The second-order valence-electron chi connectivity index (χ2n) is 7.69. The van der Waals surface area contributed by atoms with Crippen LogP contribution < -0.4 is 19.5 Å². The number of ether oxygens (including phenoxy) is 2. The van der Waals surface area contributed by atoms with Gasteiger partial charge in [-0.15, -0.1) is 0 Å². The van der Waals surface area contributed by atoms with Crippen LogP contribution in [0.15, 0.2) is 83.3 Å². The zero-order chi connectivity index (χ0) is 24.0. The Hall–Kier alpha value is -4.15. The van der Waals surface area contributed by atoms with E-state index in [1.54, 1.807) is 42.5 Å². The van der Waals surface area contributed by atoms with E-state index in [1.807, 2.05) is 0 Å². The Balaban J connectivity index is 1.67. The zero-order valence-corrected chi connectivity index (χ0v) is 18.4. The Morgan fingerprint density at radius 3 is 2.29 bits per heavy atom. The summed E-state index contributed by atoms with van der Waals surface area (Å²) in [7, 11) is -3.94. The predicted octanol–water partition coefficient (Wildman–Crippen LogP) is 2.69. The molecule has 1 atom stereocenters. The molecule has 10 heteroatoms. The van der Waals surface area contributed by atoms with Crippen molar-refractivity contribution in [3.8, 4) is 11.5 Å². The van der Waals surface area contributed by atoms with Crippen LogP contribution in [0.1, 0.15) is 17.2 Å². The molecular weight excluding hydrogens is 460 g/mol. The molecule has 0 aliphatic carbocycles. The van der Waals surface area contributed by atoms with Crippen LogP contribution in [0.2, 0.25) is 0 Å². The van der Waals surface area contributed by atoms with Gasteiger partial charge in [-0.25, -0.2) is 13.6 Å². The van der Waals surface area contributed by atoms with Gasteiger partial charge in [0.25, 0.3) is 11.7 Å². The number of benzene rings is 3. The van der Waals surface area contributed by atoms with Crippen LogP contribution in [0, 0.1) is 0 Å². The fourth-order valence-electron chi connectivity index (χ4n) is 4.05. The molecule has 2 heterocycles. The van der Waals surface area contributed by atoms with E-state index in [0.717, 1.165) is 0 Å². The summed E-state index contributed by atoms with van der Waals surface area (Å²) in [5, 5.41) is 16.3. The number of ketones is 1. The molecule has 2 aliphatic rings. The number of nitrogens with zero attached hydrogens (tertiary/aromatic N) is 1. The molecule has 3 aromatic rings. The third-order valence-electron chi connectivity index (χ3n) is 5.65. The number of aliphatic hydroxyl groups excluding tert-OH is 1. The van der Waals surface area contributed by atoms with E-state index >= 15 is 0 Å². The van der Waals surface area contributed by atoms with E-state index in [4.69, 9.17) is 14.6 Å². The number of hydrogen-bond donors (Lipinski definition) is 2. The fourth-order valence-corrected chi connectivity index (χ4v) is 4.56. The van der Waals surface area contributed by atoms with Crippen molar-refractivity contribution in [2.24, 2.45) is 5.14 Å². The number of anilines is 1. The standard InChI is InChI=1S/C24H18N2O7S/c25-34(30,31)17-9-7-16(8-10-17)26-21(14-4-2-1-3-5-14)20(23(28)24(26)29)22(27)15-6-11-18-19(12-15)33-13-32-18/h1-12,21,27H,13H2,(H2,25,30,31)/b22-20-. The van der Waals surface area contributed by atoms with E-state index in [1.165, 1.54) is 35.2 Å². The minimum atomic E-state index is -3.94. The number of carbonyl (C=O) groups excluding carboxylic acids is 2. The molecule has 0 radical (unpaired) electrons. The number of nitrogens with two attached hydrogens (primary N) is 1. The highest BCUT2D eigenvalue weighted by Crippen LogP contribution is 2.43. The smallest absolute Gasteiger partial charge is 0.300 e. The largest absolute Gasteiger partial charge is 0.507 e. The Labute approximate surface area is 194 Å². The SMILES string of the molecule is NS(=O)(=O)c1ccc(N2C(=O)C(=O)/C(=C(\O)c3ccc4c(c3)OCO4)C2c2ccccc2)cc1. The number of hydrogen-bond acceptors (Lipinski definition) is 7. The van der Waals surface area contributed by atoms with Crippen molar-refractivity contribution in [1.29, 1.82) is 0 Å². The van der Waals surface area contributed by atoms with Gasteiger partial charge in [0.05, 0.1) is 16.5 Å². The van der Waals surface area contributed by atoms with Gasteiger partial charge in [-0.2, -0.15) is 0 Å². The number of sulfonamides is 1.